The van der Waals surface area contributed by atoms with E-state index in [0.717, 1.165) is 22.5 Å². The molecule has 0 amide bonds. The van der Waals surface area contributed by atoms with Gasteiger partial charge < -0.3 is 0 Å². The molecule has 0 spiro atoms. The van der Waals surface area contributed by atoms with Crippen molar-refractivity contribution in [1.29, 1.82) is 0 Å². The molecule has 0 fully saturated rings. The first-order chi connectivity index (χ1) is 8.85. The van der Waals surface area contributed by atoms with Crippen LogP contribution in [0.15, 0.2) is 48.5 Å². The quantitative estimate of drug-likeness (QED) is 0.792. The summed E-state index contributed by atoms with van der Waals surface area (Å²) >= 11 is 0. The van der Waals surface area contributed by atoms with Gasteiger partial charge in [-0.15, -0.1) is 0 Å². The van der Waals surface area contributed by atoms with Gasteiger partial charge in [0.1, 0.15) is 0 Å². The third-order valence-electron chi connectivity index (χ3n) is 2.55. The first kappa shape index (κ1) is 12.4. The maximum atomic E-state index is 4.96. The number of rotatable bonds is 5. The molecule has 94 valence electrons. The molecule has 0 unspecified atom stereocenters. The molecular formula is C14H16N2O2. The average molecular weight is 244 g/mol. The second-order valence-corrected chi connectivity index (χ2v) is 3.74. The van der Waals surface area contributed by atoms with Gasteiger partial charge in [-0.2, -0.15) is 0 Å². The third kappa shape index (κ3) is 2.80. The molecule has 0 saturated carbocycles. The molecule has 4 nitrogen and oxygen atoms in total. The summed E-state index contributed by atoms with van der Waals surface area (Å²) < 4.78 is 0. The smallest absolute Gasteiger partial charge is 0.0864 e. The fourth-order valence-electron chi connectivity index (χ4n) is 1.75. The third-order valence-corrected chi connectivity index (χ3v) is 2.55. The lowest BCUT2D eigenvalue weighted by Gasteiger charge is -2.12. The number of benzene rings is 2. The van der Waals surface area contributed by atoms with E-state index in [1.54, 1.807) is 14.2 Å². The van der Waals surface area contributed by atoms with Gasteiger partial charge in [0.2, 0.25) is 0 Å². The van der Waals surface area contributed by atoms with Crippen molar-refractivity contribution >= 4 is 11.4 Å². The second-order valence-electron chi connectivity index (χ2n) is 3.74. The van der Waals surface area contributed by atoms with Gasteiger partial charge in [-0.1, -0.05) is 36.4 Å². The summed E-state index contributed by atoms with van der Waals surface area (Å²) in [6.45, 7) is 0. The van der Waals surface area contributed by atoms with Gasteiger partial charge in [0.15, 0.2) is 0 Å². The zero-order valence-electron chi connectivity index (χ0n) is 10.4. The highest BCUT2D eigenvalue weighted by atomic mass is 16.6. The average Bonchev–Trinajstić information content (AvgIpc) is 2.42. The summed E-state index contributed by atoms with van der Waals surface area (Å²) in [5.74, 6) is 0. The Morgan fingerprint density at radius 3 is 2.06 bits per heavy atom. The van der Waals surface area contributed by atoms with E-state index in [-0.39, 0.29) is 0 Å². The van der Waals surface area contributed by atoms with Crippen molar-refractivity contribution in [1.82, 2.24) is 0 Å². The van der Waals surface area contributed by atoms with Gasteiger partial charge in [0.25, 0.3) is 0 Å². The first-order valence-electron chi connectivity index (χ1n) is 5.62. The van der Waals surface area contributed by atoms with Gasteiger partial charge in [-0.25, -0.2) is 0 Å². The predicted molar refractivity (Wildman–Crippen MR) is 73.1 cm³/mol. The van der Waals surface area contributed by atoms with Crippen LogP contribution in [0.25, 0.3) is 11.1 Å². The van der Waals surface area contributed by atoms with Crippen LogP contribution in [-0.4, -0.2) is 14.2 Å². The van der Waals surface area contributed by atoms with Crippen molar-refractivity contribution in [2.24, 2.45) is 0 Å². The Morgan fingerprint density at radius 1 is 0.722 bits per heavy atom. The van der Waals surface area contributed by atoms with Crippen LogP contribution in [0.5, 0.6) is 0 Å². The summed E-state index contributed by atoms with van der Waals surface area (Å²) in [7, 11) is 3.15. The van der Waals surface area contributed by atoms with Gasteiger partial charge in [0, 0.05) is 0 Å². The SMILES string of the molecule is CONc1ccc(-c2ccccc2)cc1NOC. The van der Waals surface area contributed by atoms with Crippen LogP contribution in [0.2, 0.25) is 0 Å². The fourth-order valence-corrected chi connectivity index (χ4v) is 1.75. The highest BCUT2D eigenvalue weighted by Crippen LogP contribution is 2.28. The van der Waals surface area contributed by atoms with Gasteiger partial charge in [-0.3, -0.25) is 20.6 Å². The standard InChI is InChI=1S/C14H16N2O2/c1-17-15-13-9-8-12(10-14(13)16-18-2)11-6-4-3-5-7-11/h3-10,15-16H,1-2H3. The Balaban J connectivity index is 2.36. The Hall–Kier alpha value is -2.04. The van der Waals surface area contributed by atoms with E-state index in [4.69, 9.17) is 9.68 Å². The number of hydrogen-bond acceptors (Lipinski definition) is 4. The molecule has 0 radical (unpaired) electrons. The molecule has 0 aliphatic carbocycles. The summed E-state index contributed by atoms with van der Waals surface area (Å²) in [4.78, 5) is 9.88. The number of hydrogen-bond donors (Lipinski definition) is 2. The molecule has 0 saturated heterocycles. The van der Waals surface area contributed by atoms with Crippen molar-refractivity contribution in [3.05, 3.63) is 48.5 Å². The fraction of sp³-hybridized carbons (Fsp3) is 0.143. The van der Waals surface area contributed by atoms with E-state index in [2.05, 4.69) is 23.1 Å². The topological polar surface area (TPSA) is 42.5 Å². The molecular weight excluding hydrogens is 228 g/mol. The summed E-state index contributed by atoms with van der Waals surface area (Å²) in [6, 6.07) is 16.1. The molecule has 0 aromatic heterocycles. The Morgan fingerprint density at radius 2 is 1.39 bits per heavy atom. The second kappa shape index (κ2) is 6.05. The summed E-state index contributed by atoms with van der Waals surface area (Å²) in [5, 5.41) is 0. The molecule has 2 aromatic rings. The minimum absolute atomic E-state index is 0.819. The molecule has 2 rings (SSSR count). The maximum absolute atomic E-state index is 4.96. The highest BCUT2D eigenvalue weighted by molar-refractivity contribution is 5.76. The molecule has 0 aliphatic heterocycles. The normalized spacial score (nSPS) is 10.1. The number of anilines is 2. The van der Waals surface area contributed by atoms with Gasteiger partial charge >= 0.3 is 0 Å². The molecule has 0 aliphatic rings. The monoisotopic (exact) mass is 244 g/mol. The van der Waals surface area contributed by atoms with Crippen LogP contribution in [0.4, 0.5) is 11.4 Å². The first-order valence-corrected chi connectivity index (χ1v) is 5.62. The predicted octanol–water partition coefficient (Wildman–Crippen LogP) is 3.30. The van der Waals surface area contributed by atoms with Crippen LogP contribution in [0.1, 0.15) is 0 Å². The zero-order chi connectivity index (χ0) is 12.8. The van der Waals surface area contributed by atoms with E-state index in [1.807, 2.05) is 36.4 Å². The van der Waals surface area contributed by atoms with Crippen molar-refractivity contribution < 1.29 is 9.68 Å². The van der Waals surface area contributed by atoms with Crippen molar-refractivity contribution in [2.75, 3.05) is 25.2 Å². The van der Waals surface area contributed by atoms with Crippen molar-refractivity contribution in [3.63, 3.8) is 0 Å². The number of nitrogens with one attached hydrogen (secondary N) is 2. The summed E-state index contributed by atoms with van der Waals surface area (Å²) in [5.41, 5.74) is 9.53. The van der Waals surface area contributed by atoms with Crippen molar-refractivity contribution in [2.45, 2.75) is 0 Å². The van der Waals surface area contributed by atoms with Gasteiger partial charge in [0.05, 0.1) is 25.6 Å². The van der Waals surface area contributed by atoms with Crippen molar-refractivity contribution in [3.8, 4) is 11.1 Å². The lowest BCUT2D eigenvalue weighted by molar-refractivity contribution is 0.263. The van der Waals surface area contributed by atoms with E-state index in [9.17, 15) is 0 Å². The van der Waals surface area contributed by atoms with Crippen LogP contribution in [0.3, 0.4) is 0 Å². The molecule has 0 heterocycles. The highest BCUT2D eigenvalue weighted by Gasteiger charge is 2.05. The Bertz CT molecular complexity index is 500. The van der Waals surface area contributed by atoms with Crippen LogP contribution >= 0.6 is 0 Å². The van der Waals surface area contributed by atoms with Crippen LogP contribution < -0.4 is 11.0 Å². The zero-order valence-corrected chi connectivity index (χ0v) is 10.4. The Labute approximate surface area is 106 Å². The van der Waals surface area contributed by atoms with E-state index < -0.39 is 0 Å². The molecule has 18 heavy (non-hydrogen) atoms. The van der Waals surface area contributed by atoms with Gasteiger partial charge in [-0.05, 0) is 23.3 Å². The minimum Gasteiger partial charge on any atom is -0.279 e. The largest absolute Gasteiger partial charge is 0.279 e. The minimum atomic E-state index is 0.819. The molecule has 2 aromatic carbocycles. The molecule has 4 heteroatoms. The lowest BCUT2D eigenvalue weighted by atomic mass is 10.0. The van der Waals surface area contributed by atoms with E-state index >= 15 is 0 Å². The maximum Gasteiger partial charge on any atom is 0.0864 e. The summed E-state index contributed by atoms with van der Waals surface area (Å²) in [6.07, 6.45) is 0. The molecule has 0 atom stereocenters. The van der Waals surface area contributed by atoms with Crippen LogP contribution in [-0.2, 0) is 9.68 Å². The van der Waals surface area contributed by atoms with E-state index in [1.165, 1.54) is 0 Å². The Kier molecular flexibility index (Phi) is 4.17. The molecule has 0 bridgehead atoms. The lowest BCUT2D eigenvalue weighted by Crippen LogP contribution is -2.03. The molecule has 2 N–H and O–H groups in total. The van der Waals surface area contributed by atoms with Crippen LogP contribution in [0, 0.1) is 0 Å². The van der Waals surface area contributed by atoms with E-state index in [0.29, 0.717) is 0 Å².